The minimum Gasteiger partial charge on any atom is -0.455 e. The van der Waals surface area contributed by atoms with Crippen LogP contribution in [0.25, 0.3) is 0 Å². The fourth-order valence-electron chi connectivity index (χ4n) is 3.49. The molecule has 0 aromatic heterocycles. The first kappa shape index (κ1) is 11.1. The summed E-state index contributed by atoms with van der Waals surface area (Å²) >= 11 is 0. The topological polar surface area (TPSA) is 26.3 Å². The zero-order valence-electron chi connectivity index (χ0n) is 10.4. The third kappa shape index (κ3) is 1.84. The second-order valence-electron chi connectivity index (χ2n) is 5.67. The monoisotopic (exact) mass is 232 g/mol. The van der Waals surface area contributed by atoms with Gasteiger partial charge in [0.15, 0.2) is 0 Å². The number of carbonyl (C=O) groups is 1. The van der Waals surface area contributed by atoms with E-state index in [0.29, 0.717) is 11.8 Å². The van der Waals surface area contributed by atoms with Crippen LogP contribution in [0.1, 0.15) is 39.0 Å². The standard InChI is InChI=1S/C15H20O2/c1-2-15(7-3-4-8-15)17-14(16)13-10-11-5-6-12(13)9-11/h3,5-7,11-13H,2,4,8-10H2,1H3. The molecule has 0 aromatic rings. The van der Waals surface area contributed by atoms with Gasteiger partial charge in [-0.05, 0) is 50.0 Å². The maximum atomic E-state index is 12.3. The Balaban J connectivity index is 1.67. The smallest absolute Gasteiger partial charge is 0.310 e. The van der Waals surface area contributed by atoms with Crippen molar-refractivity contribution in [3.05, 3.63) is 24.3 Å². The summed E-state index contributed by atoms with van der Waals surface area (Å²) in [5.74, 6) is 1.25. The average Bonchev–Trinajstić information content (AvgIpc) is 3.04. The zero-order chi connectivity index (χ0) is 11.9. The maximum Gasteiger partial charge on any atom is 0.310 e. The fraction of sp³-hybridized carbons (Fsp3) is 0.667. The number of hydrogen-bond donors (Lipinski definition) is 0. The molecule has 0 saturated heterocycles. The van der Waals surface area contributed by atoms with Gasteiger partial charge in [-0.1, -0.05) is 25.2 Å². The van der Waals surface area contributed by atoms with Crippen molar-refractivity contribution in [1.29, 1.82) is 0 Å². The van der Waals surface area contributed by atoms with Gasteiger partial charge in [0.25, 0.3) is 0 Å². The summed E-state index contributed by atoms with van der Waals surface area (Å²) in [6.45, 7) is 2.10. The van der Waals surface area contributed by atoms with Gasteiger partial charge in [-0.2, -0.15) is 0 Å². The normalized spacial score (nSPS) is 42.3. The summed E-state index contributed by atoms with van der Waals surface area (Å²) in [5.41, 5.74) is -0.289. The van der Waals surface area contributed by atoms with E-state index in [9.17, 15) is 4.79 Å². The quantitative estimate of drug-likeness (QED) is 0.551. The molecule has 3 aliphatic rings. The molecule has 17 heavy (non-hydrogen) atoms. The molecule has 4 atom stereocenters. The van der Waals surface area contributed by atoms with Gasteiger partial charge in [0, 0.05) is 0 Å². The minimum absolute atomic E-state index is 0.0373. The van der Waals surface area contributed by atoms with Crippen molar-refractivity contribution in [3.8, 4) is 0 Å². The van der Waals surface area contributed by atoms with Crippen LogP contribution in [-0.4, -0.2) is 11.6 Å². The highest BCUT2D eigenvalue weighted by atomic mass is 16.6. The lowest BCUT2D eigenvalue weighted by atomic mass is 9.93. The van der Waals surface area contributed by atoms with Crippen molar-refractivity contribution in [2.45, 2.75) is 44.6 Å². The second kappa shape index (κ2) is 4.01. The van der Waals surface area contributed by atoms with Crippen LogP contribution in [-0.2, 0) is 9.53 Å². The Morgan fingerprint density at radius 1 is 1.41 bits per heavy atom. The van der Waals surface area contributed by atoms with E-state index in [1.807, 2.05) is 0 Å². The molecule has 4 unspecified atom stereocenters. The van der Waals surface area contributed by atoms with Crippen molar-refractivity contribution >= 4 is 5.97 Å². The molecule has 0 radical (unpaired) electrons. The Morgan fingerprint density at radius 2 is 2.29 bits per heavy atom. The Kier molecular flexibility index (Phi) is 2.61. The summed E-state index contributed by atoms with van der Waals surface area (Å²) in [6, 6.07) is 0. The molecule has 1 fully saturated rings. The van der Waals surface area contributed by atoms with E-state index >= 15 is 0 Å². The molecule has 0 aromatic carbocycles. The number of fused-ring (bicyclic) bond motifs is 2. The number of ether oxygens (including phenoxy) is 1. The van der Waals surface area contributed by atoms with Gasteiger partial charge in [-0.25, -0.2) is 0 Å². The average molecular weight is 232 g/mol. The first-order valence-electron chi connectivity index (χ1n) is 6.81. The van der Waals surface area contributed by atoms with Crippen LogP contribution in [0.2, 0.25) is 0 Å². The molecule has 92 valence electrons. The number of esters is 1. The van der Waals surface area contributed by atoms with E-state index in [1.165, 1.54) is 0 Å². The summed E-state index contributed by atoms with van der Waals surface area (Å²) < 4.78 is 5.83. The van der Waals surface area contributed by atoms with Crippen LogP contribution in [0.15, 0.2) is 24.3 Å². The van der Waals surface area contributed by atoms with Gasteiger partial charge in [-0.3, -0.25) is 4.79 Å². The van der Waals surface area contributed by atoms with Gasteiger partial charge >= 0.3 is 5.97 Å². The molecule has 2 heteroatoms. The molecule has 3 aliphatic carbocycles. The predicted octanol–water partition coefficient (Wildman–Crippen LogP) is 3.24. The summed E-state index contributed by atoms with van der Waals surface area (Å²) in [5, 5.41) is 0. The highest BCUT2D eigenvalue weighted by Crippen LogP contribution is 2.45. The van der Waals surface area contributed by atoms with Gasteiger partial charge in [0.05, 0.1) is 5.92 Å². The van der Waals surface area contributed by atoms with Gasteiger partial charge in [-0.15, -0.1) is 0 Å². The molecule has 0 spiro atoms. The molecule has 0 aliphatic heterocycles. The molecule has 3 rings (SSSR count). The van der Waals surface area contributed by atoms with Gasteiger partial charge in [0.1, 0.15) is 5.60 Å². The first-order chi connectivity index (χ1) is 8.22. The Bertz CT molecular complexity index is 382. The molecule has 1 saturated carbocycles. The van der Waals surface area contributed by atoms with E-state index in [4.69, 9.17) is 4.74 Å². The summed E-state index contributed by atoms with van der Waals surface area (Å²) in [7, 11) is 0. The lowest BCUT2D eigenvalue weighted by molar-refractivity contribution is -0.161. The van der Waals surface area contributed by atoms with Crippen LogP contribution in [0.4, 0.5) is 0 Å². The number of rotatable bonds is 3. The van der Waals surface area contributed by atoms with Gasteiger partial charge < -0.3 is 4.74 Å². The SMILES string of the molecule is CCC1(OC(=O)C2CC3C=CC2C3)C=CCC1. The third-order valence-electron chi connectivity index (χ3n) is 4.64. The molecule has 0 N–H and O–H groups in total. The van der Waals surface area contributed by atoms with Crippen LogP contribution in [0.3, 0.4) is 0 Å². The van der Waals surface area contributed by atoms with E-state index in [-0.39, 0.29) is 17.5 Å². The molecular formula is C15H20O2. The van der Waals surface area contributed by atoms with Crippen molar-refractivity contribution in [3.63, 3.8) is 0 Å². The van der Waals surface area contributed by atoms with E-state index in [2.05, 4.69) is 31.2 Å². The highest BCUT2D eigenvalue weighted by Gasteiger charge is 2.43. The molecular weight excluding hydrogens is 212 g/mol. The maximum absolute atomic E-state index is 12.3. The van der Waals surface area contributed by atoms with E-state index < -0.39 is 0 Å². The van der Waals surface area contributed by atoms with Crippen molar-refractivity contribution < 1.29 is 9.53 Å². The number of carbonyl (C=O) groups excluding carboxylic acids is 1. The number of hydrogen-bond acceptors (Lipinski definition) is 2. The Hall–Kier alpha value is -1.05. The van der Waals surface area contributed by atoms with Crippen LogP contribution < -0.4 is 0 Å². The van der Waals surface area contributed by atoms with E-state index in [0.717, 1.165) is 32.1 Å². The molecule has 0 amide bonds. The van der Waals surface area contributed by atoms with Crippen LogP contribution in [0.5, 0.6) is 0 Å². The lowest BCUT2D eigenvalue weighted by Crippen LogP contribution is -2.34. The van der Waals surface area contributed by atoms with Crippen molar-refractivity contribution in [1.82, 2.24) is 0 Å². The van der Waals surface area contributed by atoms with Crippen LogP contribution in [0, 0.1) is 17.8 Å². The van der Waals surface area contributed by atoms with Crippen LogP contribution >= 0.6 is 0 Å². The lowest BCUT2D eigenvalue weighted by Gasteiger charge is -2.29. The van der Waals surface area contributed by atoms with Gasteiger partial charge in [0.2, 0.25) is 0 Å². The van der Waals surface area contributed by atoms with Crippen molar-refractivity contribution in [2.24, 2.45) is 17.8 Å². The molecule has 2 nitrogen and oxygen atoms in total. The Labute approximate surface area is 103 Å². The van der Waals surface area contributed by atoms with E-state index in [1.54, 1.807) is 0 Å². The second-order valence-corrected chi connectivity index (χ2v) is 5.67. The third-order valence-corrected chi connectivity index (χ3v) is 4.64. The largest absolute Gasteiger partial charge is 0.455 e. The summed E-state index contributed by atoms with van der Waals surface area (Å²) in [6.07, 6.45) is 13.8. The highest BCUT2D eigenvalue weighted by molar-refractivity contribution is 5.74. The molecule has 0 heterocycles. The molecule has 2 bridgehead atoms. The predicted molar refractivity (Wildman–Crippen MR) is 66.3 cm³/mol. The fourth-order valence-corrected chi connectivity index (χ4v) is 3.49. The number of allylic oxidation sites excluding steroid dienone is 3. The van der Waals surface area contributed by atoms with Crippen molar-refractivity contribution in [2.75, 3.05) is 0 Å². The first-order valence-corrected chi connectivity index (χ1v) is 6.81. The minimum atomic E-state index is -0.289. The Morgan fingerprint density at radius 3 is 2.82 bits per heavy atom. The zero-order valence-corrected chi connectivity index (χ0v) is 10.4. The summed E-state index contributed by atoms with van der Waals surface area (Å²) in [4.78, 5) is 12.3.